The van der Waals surface area contributed by atoms with E-state index in [4.69, 9.17) is 4.74 Å². The maximum atomic E-state index is 12.4. The summed E-state index contributed by atoms with van der Waals surface area (Å²) in [6.07, 6.45) is 0.280. The first-order valence-corrected chi connectivity index (χ1v) is 7.32. The Hall–Kier alpha value is -1.92. The average Bonchev–Trinajstić information content (AvgIpc) is 2.45. The maximum absolute atomic E-state index is 12.4. The summed E-state index contributed by atoms with van der Waals surface area (Å²) in [5.74, 6) is -1.26. The van der Waals surface area contributed by atoms with Crippen LogP contribution in [-0.4, -0.2) is 35.5 Å². The second-order valence-corrected chi connectivity index (χ2v) is 6.04. The van der Waals surface area contributed by atoms with E-state index < -0.39 is 23.3 Å². The molecule has 0 bridgehead atoms. The Labute approximate surface area is 129 Å². The van der Waals surface area contributed by atoms with Crippen LogP contribution < -0.4 is 10.6 Å². The minimum absolute atomic E-state index is 0.0418. The first-order valence-electron chi connectivity index (χ1n) is 7.32. The van der Waals surface area contributed by atoms with Crippen molar-refractivity contribution in [3.8, 4) is 0 Å². The number of hydrogen-bond donors (Lipinski definition) is 3. The number of amides is 1. The number of carbonyl (C=O) groups is 2. The van der Waals surface area contributed by atoms with Crippen molar-refractivity contribution in [1.29, 1.82) is 0 Å². The highest BCUT2D eigenvalue weighted by Gasteiger charge is 2.55. The van der Waals surface area contributed by atoms with E-state index in [-0.39, 0.29) is 12.3 Å². The molecule has 6 nitrogen and oxygen atoms in total. The fraction of sp³-hybridized carbons (Fsp3) is 0.500. The highest BCUT2D eigenvalue weighted by molar-refractivity contribution is 5.96. The zero-order chi connectivity index (χ0) is 16.4. The SMILES string of the molecule is CN[C@]1(CC(C)C)OC(=O)[C@](O)(Cc2ccccc2)NC1=O. The average molecular weight is 306 g/mol. The van der Waals surface area contributed by atoms with Crippen LogP contribution in [0.2, 0.25) is 0 Å². The van der Waals surface area contributed by atoms with Gasteiger partial charge in [0.1, 0.15) is 0 Å². The van der Waals surface area contributed by atoms with E-state index in [1.165, 1.54) is 0 Å². The number of likely N-dealkylation sites (N-methyl/N-ethyl adjacent to an activating group) is 1. The van der Waals surface area contributed by atoms with Crippen LogP contribution in [0, 0.1) is 5.92 Å². The van der Waals surface area contributed by atoms with Gasteiger partial charge in [-0.3, -0.25) is 10.1 Å². The molecule has 0 saturated carbocycles. The molecule has 0 aromatic heterocycles. The van der Waals surface area contributed by atoms with Crippen LogP contribution in [0.1, 0.15) is 25.8 Å². The van der Waals surface area contributed by atoms with E-state index >= 15 is 0 Å². The Morgan fingerprint density at radius 1 is 1.27 bits per heavy atom. The zero-order valence-electron chi connectivity index (χ0n) is 13.1. The largest absolute Gasteiger partial charge is 0.431 e. The standard InChI is InChI=1S/C16H22N2O4/c1-11(2)9-16(17-3)13(19)18-15(21,14(20)22-16)10-12-7-5-4-6-8-12/h4-8,11,17,21H,9-10H2,1-3H3,(H,18,19)/t15-,16-/m1/s1. The van der Waals surface area contributed by atoms with Crippen molar-refractivity contribution in [2.45, 2.75) is 38.1 Å². The van der Waals surface area contributed by atoms with Gasteiger partial charge in [0.05, 0.1) is 0 Å². The van der Waals surface area contributed by atoms with Gasteiger partial charge in [-0.05, 0) is 18.5 Å². The molecule has 1 amide bonds. The number of benzene rings is 1. The van der Waals surface area contributed by atoms with Crippen LogP contribution >= 0.6 is 0 Å². The molecule has 0 spiro atoms. The quantitative estimate of drug-likeness (QED) is 0.692. The lowest BCUT2D eigenvalue weighted by Crippen LogP contribution is -2.73. The molecule has 0 radical (unpaired) electrons. The molecule has 1 aliphatic heterocycles. The first kappa shape index (κ1) is 16.5. The Morgan fingerprint density at radius 2 is 1.91 bits per heavy atom. The third kappa shape index (κ3) is 3.13. The lowest BCUT2D eigenvalue weighted by molar-refractivity contribution is -0.210. The van der Waals surface area contributed by atoms with Crippen molar-refractivity contribution in [2.75, 3.05) is 7.05 Å². The molecule has 1 aliphatic rings. The van der Waals surface area contributed by atoms with Gasteiger partial charge in [0.25, 0.3) is 5.91 Å². The van der Waals surface area contributed by atoms with Crippen LogP contribution in [0.25, 0.3) is 0 Å². The summed E-state index contributed by atoms with van der Waals surface area (Å²) < 4.78 is 5.32. The van der Waals surface area contributed by atoms with Crippen LogP contribution in [0.4, 0.5) is 0 Å². The van der Waals surface area contributed by atoms with Gasteiger partial charge in [-0.15, -0.1) is 0 Å². The van der Waals surface area contributed by atoms with Gasteiger partial charge in [-0.1, -0.05) is 44.2 Å². The number of carbonyl (C=O) groups excluding carboxylic acids is 2. The molecule has 1 fully saturated rings. The topological polar surface area (TPSA) is 87.7 Å². The van der Waals surface area contributed by atoms with E-state index in [1.807, 2.05) is 19.9 Å². The predicted octanol–water partition coefficient (Wildman–Crippen LogP) is 0.552. The van der Waals surface area contributed by atoms with Crippen molar-refractivity contribution in [2.24, 2.45) is 5.92 Å². The number of nitrogens with one attached hydrogen (secondary N) is 2. The monoisotopic (exact) mass is 306 g/mol. The summed E-state index contributed by atoms with van der Waals surface area (Å²) in [4.78, 5) is 24.7. The van der Waals surface area contributed by atoms with Crippen molar-refractivity contribution < 1.29 is 19.4 Å². The molecule has 22 heavy (non-hydrogen) atoms. The second kappa shape index (κ2) is 6.06. The molecule has 1 saturated heterocycles. The Balaban J connectivity index is 2.22. The van der Waals surface area contributed by atoms with E-state index in [2.05, 4.69) is 10.6 Å². The third-order valence-corrected chi connectivity index (χ3v) is 3.69. The number of cyclic esters (lactones) is 1. The maximum Gasteiger partial charge on any atom is 0.362 e. The summed E-state index contributed by atoms with van der Waals surface area (Å²) in [5.41, 5.74) is -2.76. The van der Waals surface area contributed by atoms with Crippen molar-refractivity contribution in [3.63, 3.8) is 0 Å². The normalized spacial score (nSPS) is 28.4. The fourth-order valence-electron chi connectivity index (χ4n) is 2.61. The minimum atomic E-state index is -2.05. The fourth-order valence-corrected chi connectivity index (χ4v) is 2.61. The van der Waals surface area contributed by atoms with Gasteiger partial charge < -0.3 is 15.2 Å². The Morgan fingerprint density at radius 3 is 2.45 bits per heavy atom. The van der Waals surface area contributed by atoms with Gasteiger partial charge in [-0.25, -0.2) is 4.79 Å². The van der Waals surface area contributed by atoms with E-state index in [0.29, 0.717) is 6.42 Å². The Kier molecular flexibility index (Phi) is 4.53. The molecule has 0 unspecified atom stereocenters. The molecule has 2 atom stereocenters. The van der Waals surface area contributed by atoms with Gasteiger partial charge in [0, 0.05) is 12.8 Å². The van der Waals surface area contributed by atoms with Crippen molar-refractivity contribution >= 4 is 11.9 Å². The minimum Gasteiger partial charge on any atom is -0.431 e. The molecule has 3 N–H and O–H groups in total. The highest BCUT2D eigenvalue weighted by atomic mass is 16.6. The van der Waals surface area contributed by atoms with Crippen LogP contribution in [0.3, 0.4) is 0 Å². The van der Waals surface area contributed by atoms with Crippen LogP contribution in [0.15, 0.2) is 30.3 Å². The van der Waals surface area contributed by atoms with Gasteiger partial charge in [0.15, 0.2) is 0 Å². The Bertz CT molecular complexity index is 561. The van der Waals surface area contributed by atoms with E-state index in [1.54, 1.807) is 31.3 Å². The second-order valence-electron chi connectivity index (χ2n) is 6.04. The molecule has 1 heterocycles. The smallest absolute Gasteiger partial charge is 0.362 e. The molecule has 6 heteroatoms. The van der Waals surface area contributed by atoms with Crippen LogP contribution in [0.5, 0.6) is 0 Å². The summed E-state index contributed by atoms with van der Waals surface area (Å²) in [6.45, 7) is 3.84. The summed E-state index contributed by atoms with van der Waals surface area (Å²) in [6, 6.07) is 8.97. The summed E-state index contributed by atoms with van der Waals surface area (Å²) in [7, 11) is 1.55. The lowest BCUT2D eigenvalue weighted by Gasteiger charge is -2.42. The molecule has 2 rings (SSSR count). The summed E-state index contributed by atoms with van der Waals surface area (Å²) in [5, 5.41) is 15.7. The molecule has 120 valence electrons. The predicted molar refractivity (Wildman–Crippen MR) is 80.6 cm³/mol. The van der Waals surface area contributed by atoms with Crippen LogP contribution in [-0.2, 0) is 20.7 Å². The lowest BCUT2D eigenvalue weighted by atomic mass is 9.94. The number of hydrogen-bond acceptors (Lipinski definition) is 5. The van der Waals surface area contributed by atoms with E-state index in [9.17, 15) is 14.7 Å². The highest BCUT2D eigenvalue weighted by Crippen LogP contribution is 2.27. The van der Waals surface area contributed by atoms with E-state index in [0.717, 1.165) is 5.56 Å². The number of aliphatic hydroxyl groups is 1. The molecular formula is C16H22N2O4. The number of ether oxygens (including phenoxy) is 1. The van der Waals surface area contributed by atoms with Crippen molar-refractivity contribution in [1.82, 2.24) is 10.6 Å². The molecule has 0 aliphatic carbocycles. The zero-order valence-corrected chi connectivity index (χ0v) is 13.1. The molecule has 1 aromatic rings. The first-order chi connectivity index (χ1) is 10.3. The summed E-state index contributed by atoms with van der Waals surface area (Å²) >= 11 is 0. The number of esters is 1. The van der Waals surface area contributed by atoms with Gasteiger partial charge in [-0.2, -0.15) is 0 Å². The molecular weight excluding hydrogens is 284 g/mol. The number of morpholine rings is 1. The van der Waals surface area contributed by atoms with Gasteiger partial charge in [0.2, 0.25) is 11.4 Å². The molecule has 1 aromatic carbocycles. The van der Waals surface area contributed by atoms with Gasteiger partial charge >= 0.3 is 5.97 Å². The number of rotatable bonds is 5. The van der Waals surface area contributed by atoms with Crippen molar-refractivity contribution in [3.05, 3.63) is 35.9 Å². The third-order valence-electron chi connectivity index (χ3n) is 3.69.